The second kappa shape index (κ2) is 8.85. The van der Waals surface area contributed by atoms with Gasteiger partial charge in [0.05, 0.1) is 26.2 Å². The molecule has 144 valence electrons. The third-order valence-electron chi connectivity index (χ3n) is 4.59. The molecule has 7 nitrogen and oxygen atoms in total. The maximum Gasteiger partial charge on any atom is 0.273 e. The molecule has 0 radical (unpaired) electrons. The molecule has 0 spiro atoms. The van der Waals surface area contributed by atoms with Gasteiger partial charge >= 0.3 is 0 Å². The summed E-state index contributed by atoms with van der Waals surface area (Å²) in [5.74, 6) is 1.23. The van der Waals surface area contributed by atoms with Crippen LogP contribution in [-0.4, -0.2) is 67.0 Å². The molecular formula is C19H23N3O4S. The number of ether oxygens (including phenoxy) is 2. The van der Waals surface area contributed by atoms with Gasteiger partial charge in [-0.3, -0.25) is 9.59 Å². The minimum Gasteiger partial charge on any atom is -0.493 e. The summed E-state index contributed by atoms with van der Waals surface area (Å²) < 4.78 is 10.5. The van der Waals surface area contributed by atoms with Crippen LogP contribution < -0.4 is 9.47 Å². The summed E-state index contributed by atoms with van der Waals surface area (Å²) in [5, 5.41) is 1.76. The average Bonchev–Trinajstić information content (AvgIpc) is 3.11. The van der Waals surface area contributed by atoms with Crippen molar-refractivity contribution in [1.82, 2.24) is 14.8 Å². The van der Waals surface area contributed by atoms with E-state index in [-0.39, 0.29) is 11.8 Å². The molecule has 3 rings (SSSR count). The van der Waals surface area contributed by atoms with Crippen molar-refractivity contribution >= 4 is 23.2 Å². The summed E-state index contributed by atoms with van der Waals surface area (Å²) in [6.07, 6.45) is 1.05. The lowest BCUT2D eigenvalue weighted by molar-refractivity contribution is -0.130. The fraction of sp³-hybridized carbons (Fsp3) is 0.421. The van der Waals surface area contributed by atoms with Crippen LogP contribution in [-0.2, 0) is 11.2 Å². The molecule has 2 amide bonds. The Bertz CT molecular complexity index is 794. The molecule has 1 aromatic heterocycles. The van der Waals surface area contributed by atoms with E-state index in [1.807, 2.05) is 17.0 Å². The van der Waals surface area contributed by atoms with Gasteiger partial charge in [0.2, 0.25) is 5.91 Å². The van der Waals surface area contributed by atoms with Crippen LogP contribution in [0, 0.1) is 0 Å². The van der Waals surface area contributed by atoms with Crippen LogP contribution >= 0.6 is 11.3 Å². The summed E-state index contributed by atoms with van der Waals surface area (Å²) in [6.45, 7) is 2.33. The van der Waals surface area contributed by atoms with Gasteiger partial charge in [-0.15, -0.1) is 11.3 Å². The second-order valence-corrected chi connectivity index (χ2v) is 6.99. The molecule has 1 fully saturated rings. The minimum atomic E-state index is -0.0644. The number of nitrogens with zero attached hydrogens (tertiary/aromatic N) is 3. The van der Waals surface area contributed by atoms with Gasteiger partial charge in [-0.1, -0.05) is 6.07 Å². The molecule has 0 aliphatic carbocycles. The molecule has 0 saturated carbocycles. The highest BCUT2D eigenvalue weighted by Crippen LogP contribution is 2.27. The van der Waals surface area contributed by atoms with Gasteiger partial charge < -0.3 is 19.3 Å². The number of benzene rings is 1. The summed E-state index contributed by atoms with van der Waals surface area (Å²) in [4.78, 5) is 32.9. The molecular weight excluding hydrogens is 366 g/mol. The lowest BCUT2D eigenvalue weighted by atomic mass is 10.1. The second-order valence-electron chi connectivity index (χ2n) is 6.27. The number of thiazole rings is 1. The Kier molecular flexibility index (Phi) is 6.28. The van der Waals surface area contributed by atoms with Crippen molar-refractivity contribution in [3.05, 3.63) is 40.3 Å². The maximum absolute atomic E-state index is 12.7. The first-order valence-electron chi connectivity index (χ1n) is 8.78. The number of rotatable bonds is 5. The van der Waals surface area contributed by atoms with Crippen LogP contribution in [0.5, 0.6) is 11.5 Å². The van der Waals surface area contributed by atoms with Crippen molar-refractivity contribution in [2.75, 3.05) is 40.4 Å². The number of hydrogen-bond acceptors (Lipinski definition) is 6. The largest absolute Gasteiger partial charge is 0.493 e. The number of aromatic nitrogens is 1. The maximum atomic E-state index is 12.7. The molecule has 8 heteroatoms. The number of carbonyl (C=O) groups is 2. The van der Waals surface area contributed by atoms with Crippen molar-refractivity contribution in [3.8, 4) is 11.5 Å². The first kappa shape index (κ1) is 19.2. The summed E-state index contributed by atoms with van der Waals surface area (Å²) >= 11 is 1.41. The van der Waals surface area contributed by atoms with E-state index >= 15 is 0 Å². The van der Waals surface area contributed by atoms with E-state index in [4.69, 9.17) is 9.47 Å². The highest BCUT2D eigenvalue weighted by molar-refractivity contribution is 7.07. The molecule has 0 atom stereocenters. The molecule has 2 heterocycles. The Balaban J connectivity index is 1.60. The molecule has 1 aliphatic rings. The van der Waals surface area contributed by atoms with Gasteiger partial charge in [0.1, 0.15) is 5.69 Å². The fourth-order valence-corrected chi connectivity index (χ4v) is 3.65. The Hall–Kier alpha value is -2.61. The molecule has 0 bridgehead atoms. The van der Waals surface area contributed by atoms with E-state index < -0.39 is 0 Å². The van der Waals surface area contributed by atoms with Crippen LogP contribution in [0.15, 0.2) is 29.1 Å². The standard InChI is InChI=1S/C19H23N3O4S/c1-25-16-5-4-14(10-17(16)26-2)11-18(23)21-6-3-7-22(9-8-21)19(24)15-12-27-13-20-15/h4-5,10,12-13H,3,6-9,11H2,1-2H3. The Morgan fingerprint density at radius 3 is 2.52 bits per heavy atom. The van der Waals surface area contributed by atoms with Crippen LogP contribution in [0.3, 0.4) is 0 Å². The minimum absolute atomic E-state index is 0.0465. The zero-order valence-corrected chi connectivity index (χ0v) is 16.3. The van der Waals surface area contributed by atoms with E-state index in [2.05, 4.69) is 4.98 Å². The summed E-state index contributed by atoms with van der Waals surface area (Å²) in [6, 6.07) is 5.50. The third kappa shape index (κ3) is 4.57. The topological polar surface area (TPSA) is 72.0 Å². The van der Waals surface area contributed by atoms with Crippen LogP contribution in [0.2, 0.25) is 0 Å². The average molecular weight is 389 g/mol. The van der Waals surface area contributed by atoms with Crippen molar-refractivity contribution in [3.63, 3.8) is 0 Å². The summed E-state index contributed by atoms with van der Waals surface area (Å²) in [5.41, 5.74) is 3.01. The zero-order valence-electron chi connectivity index (χ0n) is 15.5. The molecule has 1 aromatic carbocycles. The van der Waals surface area contributed by atoms with Crippen molar-refractivity contribution < 1.29 is 19.1 Å². The van der Waals surface area contributed by atoms with E-state index in [1.165, 1.54) is 11.3 Å². The van der Waals surface area contributed by atoms with E-state index in [0.717, 1.165) is 12.0 Å². The Morgan fingerprint density at radius 2 is 1.81 bits per heavy atom. The lowest BCUT2D eigenvalue weighted by Crippen LogP contribution is -2.38. The van der Waals surface area contributed by atoms with Crippen LogP contribution in [0.4, 0.5) is 0 Å². The number of hydrogen-bond donors (Lipinski definition) is 0. The first-order chi connectivity index (χ1) is 13.1. The molecule has 0 N–H and O–H groups in total. The fourth-order valence-electron chi connectivity index (χ4n) is 3.13. The number of carbonyl (C=O) groups excluding carboxylic acids is 2. The van der Waals surface area contributed by atoms with E-state index in [9.17, 15) is 9.59 Å². The number of amides is 2. The van der Waals surface area contributed by atoms with Gasteiger partial charge in [-0.2, -0.15) is 0 Å². The normalized spacial score (nSPS) is 14.6. The molecule has 1 saturated heterocycles. The van der Waals surface area contributed by atoms with E-state index in [1.54, 1.807) is 36.1 Å². The molecule has 2 aromatic rings. The van der Waals surface area contributed by atoms with Crippen molar-refractivity contribution in [1.29, 1.82) is 0 Å². The van der Waals surface area contributed by atoms with E-state index in [0.29, 0.717) is 49.8 Å². The molecule has 0 unspecified atom stereocenters. The smallest absolute Gasteiger partial charge is 0.273 e. The van der Waals surface area contributed by atoms with Gasteiger partial charge in [-0.05, 0) is 24.1 Å². The summed E-state index contributed by atoms with van der Waals surface area (Å²) in [7, 11) is 3.16. The Morgan fingerprint density at radius 1 is 1.07 bits per heavy atom. The Labute approximate surface area is 162 Å². The third-order valence-corrected chi connectivity index (χ3v) is 5.18. The SMILES string of the molecule is COc1ccc(CC(=O)N2CCCN(C(=O)c3cscn3)CC2)cc1OC. The van der Waals surface area contributed by atoms with Gasteiger partial charge in [0, 0.05) is 31.6 Å². The predicted molar refractivity (Wildman–Crippen MR) is 102 cm³/mol. The monoisotopic (exact) mass is 389 g/mol. The quantitative estimate of drug-likeness (QED) is 0.783. The first-order valence-corrected chi connectivity index (χ1v) is 9.72. The van der Waals surface area contributed by atoms with Crippen LogP contribution in [0.25, 0.3) is 0 Å². The number of methoxy groups -OCH3 is 2. The van der Waals surface area contributed by atoms with Crippen LogP contribution in [0.1, 0.15) is 22.5 Å². The van der Waals surface area contributed by atoms with Crippen molar-refractivity contribution in [2.24, 2.45) is 0 Å². The zero-order chi connectivity index (χ0) is 19.2. The van der Waals surface area contributed by atoms with Gasteiger partial charge in [0.25, 0.3) is 5.91 Å². The molecule has 1 aliphatic heterocycles. The molecule has 27 heavy (non-hydrogen) atoms. The predicted octanol–water partition coefficient (Wildman–Crippen LogP) is 2.08. The van der Waals surface area contributed by atoms with Gasteiger partial charge in [0.15, 0.2) is 11.5 Å². The highest BCUT2D eigenvalue weighted by Gasteiger charge is 2.24. The lowest BCUT2D eigenvalue weighted by Gasteiger charge is -2.22. The van der Waals surface area contributed by atoms with Crippen molar-refractivity contribution in [2.45, 2.75) is 12.8 Å². The van der Waals surface area contributed by atoms with Gasteiger partial charge in [-0.25, -0.2) is 4.98 Å². The highest BCUT2D eigenvalue weighted by atomic mass is 32.1.